The normalized spacial score (nSPS) is 14.3. The second kappa shape index (κ2) is 9.77. The topological polar surface area (TPSA) is 106 Å². The Morgan fingerprint density at radius 1 is 1.11 bits per heavy atom. The first-order valence-electron chi connectivity index (χ1n) is 9.02. The van der Waals surface area contributed by atoms with Gasteiger partial charge in [0, 0.05) is 44.1 Å². The lowest BCUT2D eigenvalue weighted by molar-refractivity contribution is 0.0383. The molecule has 1 aliphatic heterocycles. The van der Waals surface area contributed by atoms with Gasteiger partial charge in [0.1, 0.15) is 5.75 Å². The van der Waals surface area contributed by atoms with Crippen molar-refractivity contribution < 1.29 is 19.1 Å². The van der Waals surface area contributed by atoms with Gasteiger partial charge in [-0.25, -0.2) is 9.97 Å². The van der Waals surface area contributed by atoms with Gasteiger partial charge in [0.15, 0.2) is 11.5 Å². The Bertz CT molecular complexity index is 806. The van der Waals surface area contributed by atoms with Crippen LogP contribution in [0.5, 0.6) is 5.75 Å². The van der Waals surface area contributed by atoms with E-state index < -0.39 is 0 Å². The summed E-state index contributed by atoms with van der Waals surface area (Å²) in [4.78, 5) is 35.3. The fourth-order valence-corrected chi connectivity index (χ4v) is 2.75. The Morgan fingerprint density at radius 2 is 1.82 bits per heavy atom. The van der Waals surface area contributed by atoms with Crippen LogP contribution in [-0.2, 0) is 4.74 Å². The number of carbonyl (C=O) groups is 2. The zero-order valence-corrected chi connectivity index (χ0v) is 15.7. The van der Waals surface area contributed by atoms with E-state index in [1.807, 2.05) is 0 Å². The Labute approximate surface area is 163 Å². The summed E-state index contributed by atoms with van der Waals surface area (Å²) in [5.41, 5.74) is 0.497. The lowest BCUT2D eigenvalue weighted by atomic mass is 10.2. The quantitative estimate of drug-likeness (QED) is 0.726. The van der Waals surface area contributed by atoms with Crippen LogP contribution in [0.1, 0.15) is 20.8 Å². The van der Waals surface area contributed by atoms with Crippen molar-refractivity contribution in [3.05, 3.63) is 47.9 Å². The van der Waals surface area contributed by atoms with Gasteiger partial charge in [0.05, 0.1) is 20.3 Å². The summed E-state index contributed by atoms with van der Waals surface area (Å²) in [6.45, 7) is 4.32. The van der Waals surface area contributed by atoms with E-state index in [1.165, 1.54) is 12.4 Å². The summed E-state index contributed by atoms with van der Waals surface area (Å²) in [6.07, 6.45) is 2.84. The third-order valence-corrected chi connectivity index (χ3v) is 4.31. The van der Waals surface area contributed by atoms with Gasteiger partial charge in [-0.3, -0.25) is 14.5 Å². The third-order valence-electron chi connectivity index (χ3n) is 4.31. The monoisotopic (exact) mass is 385 g/mol. The molecule has 2 amide bonds. The van der Waals surface area contributed by atoms with Gasteiger partial charge in [-0.2, -0.15) is 0 Å². The molecule has 28 heavy (non-hydrogen) atoms. The SMILES string of the molecule is COc1ccc(C(=O)Nc2nccnc2C(=O)NCCN2CCOCC2)cc1. The van der Waals surface area contributed by atoms with Crippen LogP contribution < -0.4 is 15.4 Å². The smallest absolute Gasteiger partial charge is 0.273 e. The van der Waals surface area contributed by atoms with Gasteiger partial charge in [-0.1, -0.05) is 0 Å². The Kier molecular flexibility index (Phi) is 6.88. The first kappa shape index (κ1) is 19.7. The molecule has 9 nitrogen and oxygen atoms in total. The highest BCUT2D eigenvalue weighted by atomic mass is 16.5. The summed E-state index contributed by atoms with van der Waals surface area (Å²) in [5.74, 6) is 0.000452. The Balaban J connectivity index is 1.59. The minimum Gasteiger partial charge on any atom is -0.497 e. The molecule has 0 atom stereocenters. The summed E-state index contributed by atoms with van der Waals surface area (Å²) >= 11 is 0. The van der Waals surface area contributed by atoms with Crippen LogP contribution in [0, 0.1) is 0 Å². The molecule has 148 valence electrons. The molecule has 2 aromatic rings. The zero-order chi connectivity index (χ0) is 19.8. The van der Waals surface area contributed by atoms with Gasteiger partial charge in [-0.05, 0) is 24.3 Å². The molecule has 0 radical (unpaired) electrons. The lowest BCUT2D eigenvalue weighted by Crippen LogP contribution is -2.41. The molecule has 1 aliphatic rings. The first-order valence-corrected chi connectivity index (χ1v) is 9.02. The average molecular weight is 385 g/mol. The standard InChI is InChI=1S/C19H23N5O4/c1-27-15-4-2-14(3-5-15)18(25)23-17-16(20-6-7-21-17)19(26)22-8-9-24-10-12-28-13-11-24/h2-7H,8-13H2,1H3,(H,22,26)(H,21,23,25). The summed E-state index contributed by atoms with van der Waals surface area (Å²) < 4.78 is 10.4. The molecule has 1 saturated heterocycles. The van der Waals surface area contributed by atoms with Crippen LogP contribution >= 0.6 is 0 Å². The second-order valence-electron chi connectivity index (χ2n) is 6.15. The van der Waals surface area contributed by atoms with E-state index in [9.17, 15) is 9.59 Å². The van der Waals surface area contributed by atoms with Crippen molar-refractivity contribution in [3.63, 3.8) is 0 Å². The van der Waals surface area contributed by atoms with Crippen molar-refractivity contribution in [1.82, 2.24) is 20.2 Å². The van der Waals surface area contributed by atoms with Crippen LogP contribution in [0.4, 0.5) is 5.82 Å². The van der Waals surface area contributed by atoms with E-state index >= 15 is 0 Å². The molecule has 0 unspecified atom stereocenters. The Hall–Kier alpha value is -3.04. The number of nitrogens with one attached hydrogen (secondary N) is 2. The van der Waals surface area contributed by atoms with E-state index in [-0.39, 0.29) is 23.3 Å². The van der Waals surface area contributed by atoms with Crippen molar-refractivity contribution in [1.29, 1.82) is 0 Å². The number of nitrogens with zero attached hydrogens (tertiary/aromatic N) is 3. The molecule has 2 heterocycles. The number of methoxy groups -OCH3 is 1. The maximum Gasteiger partial charge on any atom is 0.273 e. The number of aromatic nitrogens is 2. The maximum absolute atomic E-state index is 12.5. The summed E-state index contributed by atoms with van der Waals surface area (Å²) in [6, 6.07) is 6.63. The molecule has 0 aliphatic carbocycles. The molecule has 0 spiro atoms. The van der Waals surface area contributed by atoms with Gasteiger partial charge in [0.2, 0.25) is 0 Å². The highest BCUT2D eigenvalue weighted by Crippen LogP contribution is 2.14. The highest BCUT2D eigenvalue weighted by molar-refractivity contribution is 6.07. The minimum absolute atomic E-state index is 0.0753. The molecule has 3 rings (SSSR count). The molecular weight excluding hydrogens is 362 g/mol. The molecule has 0 saturated carbocycles. The number of rotatable bonds is 7. The van der Waals surface area contributed by atoms with E-state index in [4.69, 9.17) is 9.47 Å². The first-order chi connectivity index (χ1) is 13.7. The van der Waals surface area contributed by atoms with Crippen molar-refractivity contribution in [2.75, 3.05) is 51.8 Å². The number of morpholine rings is 1. The molecule has 1 aromatic heterocycles. The summed E-state index contributed by atoms with van der Waals surface area (Å²) in [5, 5.41) is 5.47. The number of amides is 2. The fraction of sp³-hybridized carbons (Fsp3) is 0.368. The predicted octanol–water partition coefficient (Wildman–Crippen LogP) is 0.800. The van der Waals surface area contributed by atoms with Crippen molar-refractivity contribution in [3.8, 4) is 5.75 Å². The molecular formula is C19H23N5O4. The van der Waals surface area contributed by atoms with Crippen LogP contribution in [-0.4, -0.2) is 73.2 Å². The van der Waals surface area contributed by atoms with Crippen LogP contribution in [0.3, 0.4) is 0 Å². The van der Waals surface area contributed by atoms with Gasteiger partial charge >= 0.3 is 0 Å². The van der Waals surface area contributed by atoms with Gasteiger partial charge in [-0.15, -0.1) is 0 Å². The molecule has 1 aromatic carbocycles. The van der Waals surface area contributed by atoms with E-state index in [1.54, 1.807) is 31.4 Å². The van der Waals surface area contributed by atoms with Crippen molar-refractivity contribution >= 4 is 17.6 Å². The second-order valence-corrected chi connectivity index (χ2v) is 6.15. The van der Waals surface area contributed by atoms with E-state index in [0.29, 0.717) is 31.1 Å². The maximum atomic E-state index is 12.5. The summed E-state index contributed by atoms with van der Waals surface area (Å²) in [7, 11) is 1.55. The van der Waals surface area contributed by atoms with Crippen LogP contribution in [0.2, 0.25) is 0 Å². The third kappa shape index (κ3) is 5.24. The number of hydrogen-bond donors (Lipinski definition) is 2. The molecule has 0 bridgehead atoms. The van der Waals surface area contributed by atoms with Crippen molar-refractivity contribution in [2.24, 2.45) is 0 Å². The van der Waals surface area contributed by atoms with Gasteiger partial charge in [0.25, 0.3) is 11.8 Å². The minimum atomic E-state index is -0.384. The number of benzene rings is 1. The largest absolute Gasteiger partial charge is 0.497 e. The van der Waals surface area contributed by atoms with Crippen LogP contribution in [0.15, 0.2) is 36.7 Å². The number of hydrogen-bond acceptors (Lipinski definition) is 7. The highest BCUT2D eigenvalue weighted by Gasteiger charge is 2.17. The van der Waals surface area contributed by atoms with E-state index in [2.05, 4.69) is 25.5 Å². The van der Waals surface area contributed by atoms with Gasteiger partial charge < -0.3 is 20.1 Å². The number of carbonyl (C=O) groups excluding carboxylic acids is 2. The number of ether oxygens (including phenoxy) is 2. The predicted molar refractivity (Wildman–Crippen MR) is 103 cm³/mol. The molecule has 2 N–H and O–H groups in total. The average Bonchev–Trinajstić information content (AvgIpc) is 2.75. The Morgan fingerprint density at radius 3 is 2.54 bits per heavy atom. The van der Waals surface area contributed by atoms with Crippen molar-refractivity contribution in [2.45, 2.75) is 0 Å². The molecule has 1 fully saturated rings. The lowest BCUT2D eigenvalue weighted by Gasteiger charge is -2.26. The van der Waals surface area contributed by atoms with Crippen LogP contribution in [0.25, 0.3) is 0 Å². The molecule has 9 heteroatoms. The van der Waals surface area contributed by atoms with E-state index in [0.717, 1.165) is 19.6 Å². The number of anilines is 1. The zero-order valence-electron chi connectivity index (χ0n) is 15.7. The fourth-order valence-electron chi connectivity index (χ4n) is 2.75.